The van der Waals surface area contributed by atoms with E-state index in [9.17, 15) is 9.59 Å². The summed E-state index contributed by atoms with van der Waals surface area (Å²) in [6.07, 6.45) is 2.92. The van der Waals surface area contributed by atoms with Crippen molar-refractivity contribution < 1.29 is 19.1 Å². The van der Waals surface area contributed by atoms with Gasteiger partial charge in [0.15, 0.2) is 0 Å². The summed E-state index contributed by atoms with van der Waals surface area (Å²) in [7, 11) is 1.72. The van der Waals surface area contributed by atoms with E-state index in [2.05, 4.69) is 10.3 Å². The van der Waals surface area contributed by atoms with Crippen molar-refractivity contribution in [1.82, 2.24) is 9.88 Å². The van der Waals surface area contributed by atoms with Crippen molar-refractivity contribution in [3.63, 3.8) is 0 Å². The first-order valence-electron chi connectivity index (χ1n) is 9.82. The molecule has 0 saturated carbocycles. The highest BCUT2D eigenvalue weighted by atomic mass is 32.1. The molecule has 0 aliphatic rings. The summed E-state index contributed by atoms with van der Waals surface area (Å²) >= 11 is 5.14. The highest BCUT2D eigenvalue weighted by Crippen LogP contribution is 2.19. The van der Waals surface area contributed by atoms with Crippen LogP contribution >= 0.6 is 12.2 Å². The Labute approximate surface area is 182 Å². The van der Waals surface area contributed by atoms with Gasteiger partial charge in [0.1, 0.15) is 16.0 Å². The maximum absolute atomic E-state index is 12.4. The minimum absolute atomic E-state index is 0.279. The van der Waals surface area contributed by atoms with Gasteiger partial charge in [0.2, 0.25) is 0 Å². The van der Waals surface area contributed by atoms with E-state index < -0.39 is 5.60 Å². The average molecular weight is 432 g/mol. The van der Waals surface area contributed by atoms with Crippen LogP contribution in [0.2, 0.25) is 0 Å². The van der Waals surface area contributed by atoms with E-state index in [1.165, 1.54) is 0 Å². The van der Waals surface area contributed by atoms with Crippen LogP contribution in [-0.2, 0) is 4.74 Å². The first-order valence-corrected chi connectivity index (χ1v) is 10.2. The van der Waals surface area contributed by atoms with Crippen LogP contribution in [0.25, 0.3) is 0 Å². The van der Waals surface area contributed by atoms with E-state index >= 15 is 0 Å². The molecule has 1 aromatic heterocycles. The number of pyridine rings is 1. The molecule has 0 bridgehead atoms. The second-order valence-electron chi connectivity index (χ2n) is 7.85. The lowest BCUT2D eigenvalue weighted by Gasteiger charge is -2.24. The molecule has 0 atom stereocenters. The van der Waals surface area contributed by atoms with E-state index in [1.54, 1.807) is 42.4 Å². The summed E-state index contributed by atoms with van der Waals surface area (Å²) in [5.74, 6) is 0.380. The Morgan fingerprint density at radius 3 is 2.63 bits per heavy atom. The number of hydrogen-bond acceptors (Lipinski definition) is 5. The van der Waals surface area contributed by atoms with Crippen LogP contribution in [0.4, 0.5) is 10.5 Å². The fraction of sp³-hybridized carbons (Fsp3) is 0.409. The van der Waals surface area contributed by atoms with Crippen LogP contribution in [0.1, 0.15) is 44.0 Å². The van der Waals surface area contributed by atoms with E-state index in [-0.39, 0.29) is 12.0 Å². The number of carbonyl (C=O) groups is 2. The van der Waals surface area contributed by atoms with Crippen molar-refractivity contribution >= 4 is 29.9 Å². The Kier molecular flexibility index (Phi) is 8.41. The first-order chi connectivity index (χ1) is 14.2. The van der Waals surface area contributed by atoms with Crippen molar-refractivity contribution in [2.45, 2.75) is 39.2 Å². The number of benzene rings is 1. The van der Waals surface area contributed by atoms with E-state index in [0.717, 1.165) is 12.8 Å². The molecule has 2 amide bonds. The minimum Gasteiger partial charge on any atom is -0.494 e. The average Bonchev–Trinajstić information content (AvgIpc) is 2.66. The number of nitrogens with one attached hydrogen (secondary N) is 2. The van der Waals surface area contributed by atoms with Gasteiger partial charge in [-0.1, -0.05) is 18.3 Å². The molecular weight excluding hydrogens is 402 g/mol. The zero-order valence-corrected chi connectivity index (χ0v) is 18.7. The van der Waals surface area contributed by atoms with Crippen molar-refractivity contribution in [3.05, 3.63) is 52.8 Å². The summed E-state index contributed by atoms with van der Waals surface area (Å²) in [4.78, 5) is 28.7. The fourth-order valence-electron chi connectivity index (χ4n) is 2.53. The van der Waals surface area contributed by atoms with Crippen LogP contribution in [0.5, 0.6) is 5.75 Å². The zero-order valence-electron chi connectivity index (χ0n) is 17.9. The molecule has 1 heterocycles. The molecule has 162 valence electrons. The molecule has 30 heavy (non-hydrogen) atoms. The number of hydrogen-bond donors (Lipinski definition) is 2. The van der Waals surface area contributed by atoms with Crippen LogP contribution < -0.4 is 10.1 Å². The van der Waals surface area contributed by atoms with Crippen molar-refractivity contribution in [3.8, 4) is 5.75 Å². The number of carbonyl (C=O) groups excluding carboxylic acids is 2. The minimum atomic E-state index is -0.499. The molecule has 7 nitrogen and oxygen atoms in total. The maximum atomic E-state index is 12.4. The Bertz CT molecular complexity index is 921. The fourth-order valence-corrected chi connectivity index (χ4v) is 2.76. The van der Waals surface area contributed by atoms with Gasteiger partial charge in [-0.15, -0.1) is 0 Å². The normalized spacial score (nSPS) is 10.9. The second-order valence-corrected chi connectivity index (χ2v) is 8.26. The zero-order chi connectivity index (χ0) is 22.1. The van der Waals surface area contributed by atoms with Gasteiger partial charge in [0.25, 0.3) is 5.91 Å². The number of H-pyrrole nitrogens is 1. The first kappa shape index (κ1) is 23.4. The number of aromatic amines is 1. The number of nitrogens with zero attached hydrogens (tertiary/aromatic N) is 1. The van der Waals surface area contributed by atoms with Gasteiger partial charge in [0.05, 0.1) is 12.2 Å². The number of rotatable bonds is 8. The highest BCUT2D eigenvalue weighted by Gasteiger charge is 2.19. The molecule has 0 radical (unpaired) electrons. The molecule has 0 fully saturated rings. The topological polar surface area (TPSA) is 83.7 Å². The SMILES string of the molecule is CN(CCCCOc1cccc(NC(=O)c2ccc[nH]c2=S)c1)C(=O)OC(C)(C)C. The van der Waals surface area contributed by atoms with E-state index in [1.807, 2.05) is 32.9 Å². The van der Waals surface area contributed by atoms with Crippen LogP contribution in [0.3, 0.4) is 0 Å². The highest BCUT2D eigenvalue weighted by molar-refractivity contribution is 7.71. The molecule has 0 saturated heterocycles. The lowest BCUT2D eigenvalue weighted by atomic mass is 10.2. The van der Waals surface area contributed by atoms with E-state index in [0.29, 0.717) is 34.8 Å². The standard InChI is InChI=1S/C22H29N3O4S/c1-22(2,3)29-21(27)25(4)13-5-6-14-28-17-10-7-9-16(15-17)24-19(26)18-11-8-12-23-20(18)30/h7-12,15H,5-6,13-14H2,1-4H3,(H,23,30)(H,24,26). The van der Waals surface area contributed by atoms with E-state index in [4.69, 9.17) is 21.7 Å². The largest absolute Gasteiger partial charge is 0.494 e. The van der Waals surface area contributed by atoms with Crippen LogP contribution in [0.15, 0.2) is 42.6 Å². The molecule has 0 spiro atoms. The molecule has 2 aromatic rings. The molecule has 1 aromatic carbocycles. The second kappa shape index (κ2) is 10.8. The van der Waals surface area contributed by atoms with Gasteiger partial charge >= 0.3 is 6.09 Å². The predicted octanol–water partition coefficient (Wildman–Crippen LogP) is 5.02. The van der Waals surface area contributed by atoms with Crippen LogP contribution in [0, 0.1) is 4.64 Å². The molecule has 0 aliphatic carbocycles. The molecule has 0 aliphatic heterocycles. The molecular formula is C22H29N3O4S. The maximum Gasteiger partial charge on any atom is 0.410 e. The number of unbranched alkanes of at least 4 members (excludes halogenated alkanes) is 1. The monoisotopic (exact) mass is 431 g/mol. The Hall–Kier alpha value is -2.87. The quantitative estimate of drug-likeness (QED) is 0.453. The van der Waals surface area contributed by atoms with Crippen LogP contribution in [-0.4, -0.2) is 47.7 Å². The summed E-state index contributed by atoms with van der Waals surface area (Å²) < 4.78 is 11.5. The number of aromatic nitrogens is 1. The van der Waals surface area contributed by atoms with Crippen molar-refractivity contribution in [2.24, 2.45) is 0 Å². The lowest BCUT2D eigenvalue weighted by Crippen LogP contribution is -2.34. The summed E-state index contributed by atoms with van der Waals surface area (Å²) in [6.45, 7) is 6.63. The van der Waals surface area contributed by atoms with Gasteiger partial charge in [0, 0.05) is 31.5 Å². The third-order valence-corrected chi connectivity index (χ3v) is 4.35. The summed E-state index contributed by atoms with van der Waals surface area (Å²) in [6, 6.07) is 10.6. The Balaban J connectivity index is 1.77. The molecule has 2 rings (SSSR count). The summed E-state index contributed by atoms with van der Waals surface area (Å²) in [5, 5.41) is 2.82. The van der Waals surface area contributed by atoms with Crippen molar-refractivity contribution in [2.75, 3.05) is 25.5 Å². The van der Waals surface area contributed by atoms with Gasteiger partial charge in [-0.25, -0.2) is 4.79 Å². The Morgan fingerprint density at radius 1 is 1.17 bits per heavy atom. The number of anilines is 1. The summed E-state index contributed by atoms with van der Waals surface area (Å²) in [5.41, 5.74) is 0.536. The Morgan fingerprint density at radius 2 is 1.93 bits per heavy atom. The van der Waals surface area contributed by atoms with Gasteiger partial charge < -0.3 is 24.7 Å². The molecule has 8 heteroatoms. The van der Waals surface area contributed by atoms with Crippen molar-refractivity contribution in [1.29, 1.82) is 0 Å². The number of amides is 2. The lowest BCUT2D eigenvalue weighted by molar-refractivity contribution is 0.0294. The third kappa shape index (κ3) is 7.87. The molecule has 2 N–H and O–H groups in total. The number of ether oxygens (including phenoxy) is 2. The van der Waals surface area contributed by atoms with Gasteiger partial charge in [-0.2, -0.15) is 0 Å². The molecule has 0 unspecified atom stereocenters. The van der Waals surface area contributed by atoms with Gasteiger partial charge in [-0.05, 0) is 57.9 Å². The smallest absolute Gasteiger partial charge is 0.410 e. The third-order valence-electron chi connectivity index (χ3n) is 4.02. The predicted molar refractivity (Wildman–Crippen MR) is 120 cm³/mol. The van der Waals surface area contributed by atoms with Gasteiger partial charge in [-0.3, -0.25) is 4.79 Å².